The molecule has 0 atom stereocenters. The van der Waals surface area contributed by atoms with Crippen LogP contribution in [0.15, 0.2) is 36.5 Å². The molecule has 0 saturated carbocycles. The first-order valence-corrected chi connectivity index (χ1v) is 9.60. The Morgan fingerprint density at radius 1 is 1.26 bits per heavy atom. The van der Waals surface area contributed by atoms with Crippen LogP contribution in [0.3, 0.4) is 0 Å². The molecule has 8 nitrogen and oxygen atoms in total. The highest BCUT2D eigenvalue weighted by Crippen LogP contribution is 2.18. The van der Waals surface area contributed by atoms with Gasteiger partial charge in [-0.2, -0.15) is 5.10 Å². The summed E-state index contributed by atoms with van der Waals surface area (Å²) in [6, 6.07) is 8.69. The molecule has 0 bridgehead atoms. The van der Waals surface area contributed by atoms with Gasteiger partial charge >= 0.3 is 5.97 Å². The number of benzene rings is 1. The van der Waals surface area contributed by atoms with Crippen molar-refractivity contribution in [3.05, 3.63) is 42.2 Å². The van der Waals surface area contributed by atoms with Gasteiger partial charge in [-0.15, -0.1) is 0 Å². The van der Waals surface area contributed by atoms with Crippen LogP contribution < -0.4 is 5.32 Å². The van der Waals surface area contributed by atoms with E-state index in [0.29, 0.717) is 25.4 Å². The zero-order chi connectivity index (χ0) is 19.2. The number of rotatable bonds is 7. The minimum atomic E-state index is -0.463. The van der Waals surface area contributed by atoms with Crippen LogP contribution >= 0.6 is 11.8 Å². The Morgan fingerprint density at radius 3 is 2.70 bits per heavy atom. The molecule has 9 heteroatoms. The van der Waals surface area contributed by atoms with E-state index >= 15 is 0 Å². The molecular formula is C18H20N4O4S. The second-order valence-electron chi connectivity index (χ2n) is 5.81. The summed E-state index contributed by atoms with van der Waals surface area (Å²) in [4.78, 5) is 36.9. The van der Waals surface area contributed by atoms with Gasteiger partial charge in [-0.3, -0.25) is 9.59 Å². The van der Waals surface area contributed by atoms with Crippen molar-refractivity contribution >= 4 is 34.6 Å². The molecule has 0 unspecified atom stereocenters. The van der Waals surface area contributed by atoms with Crippen LogP contribution in [-0.4, -0.2) is 57.2 Å². The fourth-order valence-corrected chi connectivity index (χ4v) is 3.42. The van der Waals surface area contributed by atoms with Gasteiger partial charge in [0.1, 0.15) is 0 Å². The van der Waals surface area contributed by atoms with Crippen LogP contribution in [-0.2, 0) is 9.53 Å². The molecule has 3 rings (SSSR count). The van der Waals surface area contributed by atoms with Crippen LogP contribution in [0, 0.1) is 0 Å². The first kappa shape index (κ1) is 19.0. The Bertz CT molecular complexity index is 834. The van der Waals surface area contributed by atoms with Crippen molar-refractivity contribution in [2.45, 2.75) is 13.3 Å². The Morgan fingerprint density at radius 2 is 2.04 bits per heavy atom. The van der Waals surface area contributed by atoms with E-state index in [-0.39, 0.29) is 23.3 Å². The highest BCUT2D eigenvalue weighted by molar-refractivity contribution is 8.13. The molecule has 1 aromatic carbocycles. The number of amides is 2. The monoisotopic (exact) mass is 388 g/mol. The first-order chi connectivity index (χ1) is 13.1. The molecule has 0 radical (unpaired) electrons. The van der Waals surface area contributed by atoms with Gasteiger partial charge in [-0.1, -0.05) is 11.8 Å². The lowest BCUT2D eigenvalue weighted by Crippen LogP contribution is -2.27. The summed E-state index contributed by atoms with van der Waals surface area (Å²) in [5.41, 5.74) is 1.65. The number of carbonyl (C=O) groups is 3. The number of nitrogens with zero attached hydrogens (tertiary/aromatic N) is 3. The molecule has 1 saturated heterocycles. The zero-order valence-corrected chi connectivity index (χ0v) is 15.7. The third-order valence-corrected chi connectivity index (χ3v) is 4.83. The number of carbonyl (C=O) groups excluding carboxylic acids is 3. The molecular weight excluding hydrogens is 368 g/mol. The van der Waals surface area contributed by atoms with Gasteiger partial charge in [-0.05, 0) is 37.3 Å². The Kier molecular flexibility index (Phi) is 6.12. The highest BCUT2D eigenvalue weighted by Gasteiger charge is 2.21. The SMILES string of the molecule is CCOC(=O)c1ccn(-c2ccc(NC(=O)CCN3CCSC3=O)cc2)n1. The molecule has 1 N–H and O–H groups in total. The second kappa shape index (κ2) is 8.72. The van der Waals surface area contributed by atoms with E-state index in [0.717, 1.165) is 11.4 Å². The predicted octanol–water partition coefficient (Wildman–Crippen LogP) is 2.55. The Hall–Kier alpha value is -2.81. The van der Waals surface area contributed by atoms with Crippen LogP contribution in [0.5, 0.6) is 0 Å². The summed E-state index contributed by atoms with van der Waals surface area (Å²) < 4.78 is 6.48. The lowest BCUT2D eigenvalue weighted by Gasteiger charge is -2.14. The van der Waals surface area contributed by atoms with Gasteiger partial charge in [0.05, 0.1) is 12.3 Å². The van der Waals surface area contributed by atoms with E-state index in [1.165, 1.54) is 11.8 Å². The van der Waals surface area contributed by atoms with Gasteiger partial charge in [0.2, 0.25) is 5.91 Å². The minimum Gasteiger partial charge on any atom is -0.461 e. The number of thioether (sulfide) groups is 1. The third kappa shape index (κ3) is 4.88. The van der Waals surface area contributed by atoms with E-state index < -0.39 is 5.97 Å². The van der Waals surface area contributed by atoms with Crippen LogP contribution in [0.2, 0.25) is 0 Å². The molecule has 1 aromatic heterocycles. The molecule has 2 amide bonds. The smallest absolute Gasteiger partial charge is 0.358 e. The number of esters is 1. The number of hydrogen-bond donors (Lipinski definition) is 1. The number of hydrogen-bond acceptors (Lipinski definition) is 6. The summed E-state index contributed by atoms with van der Waals surface area (Å²) in [6.07, 6.45) is 1.93. The van der Waals surface area contributed by atoms with E-state index in [9.17, 15) is 14.4 Å². The van der Waals surface area contributed by atoms with Gasteiger partial charge in [0, 0.05) is 37.1 Å². The van der Waals surface area contributed by atoms with Crippen molar-refractivity contribution in [1.82, 2.24) is 14.7 Å². The molecule has 2 heterocycles. The molecule has 1 aliphatic heterocycles. The summed E-state index contributed by atoms with van der Waals surface area (Å²) in [5, 5.41) is 7.03. The zero-order valence-electron chi connectivity index (χ0n) is 14.9. The summed E-state index contributed by atoms with van der Waals surface area (Å²) in [7, 11) is 0. The van der Waals surface area contributed by atoms with Crippen LogP contribution in [0.4, 0.5) is 10.5 Å². The number of ether oxygens (including phenoxy) is 1. The summed E-state index contributed by atoms with van der Waals surface area (Å²) in [5.74, 6) is 0.180. The fraction of sp³-hybridized carbons (Fsp3) is 0.333. The number of nitrogens with one attached hydrogen (secondary N) is 1. The van der Waals surface area contributed by atoms with E-state index in [2.05, 4.69) is 10.4 Å². The molecule has 2 aromatic rings. The van der Waals surface area contributed by atoms with E-state index in [1.54, 1.807) is 53.0 Å². The van der Waals surface area contributed by atoms with E-state index in [1.807, 2.05) is 0 Å². The maximum atomic E-state index is 12.0. The molecule has 1 aliphatic rings. The summed E-state index contributed by atoms with van der Waals surface area (Å²) >= 11 is 1.28. The van der Waals surface area contributed by atoms with Crippen molar-refractivity contribution in [3.63, 3.8) is 0 Å². The third-order valence-electron chi connectivity index (χ3n) is 3.94. The van der Waals surface area contributed by atoms with Crippen molar-refractivity contribution in [3.8, 4) is 5.69 Å². The maximum absolute atomic E-state index is 12.0. The molecule has 142 valence electrons. The maximum Gasteiger partial charge on any atom is 0.358 e. The first-order valence-electron chi connectivity index (χ1n) is 8.61. The molecule has 0 aliphatic carbocycles. The molecule has 0 spiro atoms. The lowest BCUT2D eigenvalue weighted by atomic mass is 10.2. The van der Waals surface area contributed by atoms with Gasteiger partial charge in [0.25, 0.3) is 5.24 Å². The largest absolute Gasteiger partial charge is 0.461 e. The van der Waals surface area contributed by atoms with Crippen molar-refractivity contribution < 1.29 is 19.1 Å². The van der Waals surface area contributed by atoms with Crippen molar-refractivity contribution in [2.75, 3.05) is 30.8 Å². The number of anilines is 1. The lowest BCUT2D eigenvalue weighted by molar-refractivity contribution is -0.116. The predicted molar refractivity (Wildman–Crippen MR) is 102 cm³/mol. The van der Waals surface area contributed by atoms with Gasteiger partial charge in [0.15, 0.2) is 5.69 Å². The summed E-state index contributed by atoms with van der Waals surface area (Å²) in [6.45, 7) is 3.16. The second-order valence-corrected chi connectivity index (χ2v) is 6.86. The van der Waals surface area contributed by atoms with E-state index in [4.69, 9.17) is 4.74 Å². The van der Waals surface area contributed by atoms with Crippen molar-refractivity contribution in [2.24, 2.45) is 0 Å². The average molecular weight is 388 g/mol. The van der Waals surface area contributed by atoms with Crippen LogP contribution in [0.25, 0.3) is 5.69 Å². The normalized spacial score (nSPS) is 13.7. The topological polar surface area (TPSA) is 93.5 Å². The Balaban J connectivity index is 1.54. The standard InChI is InChI=1S/C18H20N4O4S/c1-2-26-17(24)15-7-10-22(20-15)14-5-3-13(4-6-14)19-16(23)8-9-21-11-12-27-18(21)25/h3-7,10H,2,8-9,11-12H2,1H3,(H,19,23). The fourth-order valence-electron chi connectivity index (χ4n) is 2.57. The Labute approximate surface area is 160 Å². The minimum absolute atomic E-state index is 0.0357. The molecule has 1 fully saturated rings. The van der Waals surface area contributed by atoms with Gasteiger partial charge in [-0.25, -0.2) is 9.48 Å². The number of aromatic nitrogens is 2. The average Bonchev–Trinajstić information content (AvgIpc) is 3.30. The quantitative estimate of drug-likeness (QED) is 0.733. The van der Waals surface area contributed by atoms with Crippen molar-refractivity contribution in [1.29, 1.82) is 0 Å². The highest BCUT2D eigenvalue weighted by atomic mass is 32.2. The molecule has 27 heavy (non-hydrogen) atoms. The van der Waals surface area contributed by atoms with Crippen LogP contribution in [0.1, 0.15) is 23.8 Å². The van der Waals surface area contributed by atoms with Gasteiger partial charge < -0.3 is 15.0 Å².